The minimum Gasteiger partial charge on any atom is -0.313 e. The summed E-state index contributed by atoms with van der Waals surface area (Å²) >= 11 is 0. The number of halogens is 3. The molecule has 1 aliphatic carbocycles. The smallest absolute Gasteiger partial charge is 0.313 e. The number of benzene rings is 1. The lowest BCUT2D eigenvalue weighted by Crippen LogP contribution is -2.30. The minimum absolute atomic E-state index is 0.589. The molecule has 19 heavy (non-hydrogen) atoms. The van der Waals surface area contributed by atoms with Gasteiger partial charge in [0, 0.05) is 25.7 Å². The first kappa shape index (κ1) is 14.3. The molecule has 106 valence electrons. The van der Waals surface area contributed by atoms with E-state index in [0.717, 1.165) is 30.8 Å². The summed E-state index contributed by atoms with van der Waals surface area (Å²) in [7, 11) is 1.98. The van der Waals surface area contributed by atoms with Crippen LogP contribution < -0.4 is 5.32 Å². The molecule has 1 aromatic rings. The van der Waals surface area contributed by atoms with Gasteiger partial charge >= 0.3 is 6.18 Å². The van der Waals surface area contributed by atoms with E-state index in [1.54, 1.807) is 12.1 Å². The minimum atomic E-state index is -4.25. The first-order chi connectivity index (χ1) is 8.95. The van der Waals surface area contributed by atoms with E-state index in [-0.39, 0.29) is 0 Å². The summed E-state index contributed by atoms with van der Waals surface area (Å²) in [6, 6.07) is 6.08. The summed E-state index contributed by atoms with van der Waals surface area (Å²) in [6.45, 7) is 2.50. The van der Waals surface area contributed by atoms with Crippen LogP contribution in [0.2, 0.25) is 0 Å². The van der Waals surface area contributed by atoms with Crippen molar-refractivity contribution in [1.29, 1.82) is 0 Å². The van der Waals surface area contributed by atoms with E-state index >= 15 is 0 Å². The topological polar surface area (TPSA) is 15.3 Å². The maximum Gasteiger partial charge on any atom is 0.416 e. The molecule has 1 saturated carbocycles. The van der Waals surface area contributed by atoms with Crippen molar-refractivity contribution < 1.29 is 13.2 Å². The Morgan fingerprint density at radius 2 is 1.84 bits per heavy atom. The highest BCUT2D eigenvalue weighted by atomic mass is 19.4. The summed E-state index contributed by atoms with van der Waals surface area (Å²) in [6.07, 6.45) is -1.72. The van der Waals surface area contributed by atoms with Crippen LogP contribution in [0.15, 0.2) is 24.3 Å². The molecule has 0 saturated heterocycles. The SMILES string of the molecule is CN(CCNC1CC1)Cc1ccc(C(F)(F)F)cc1. The number of alkyl halides is 3. The van der Waals surface area contributed by atoms with Crippen LogP contribution in [0.1, 0.15) is 24.0 Å². The second-order valence-corrected chi connectivity index (χ2v) is 5.16. The standard InChI is InChI=1S/C14H19F3N2/c1-19(9-8-18-13-6-7-13)10-11-2-4-12(5-3-11)14(15,16)17/h2-5,13,18H,6-10H2,1H3. The van der Waals surface area contributed by atoms with Gasteiger partial charge in [0.25, 0.3) is 0 Å². The lowest BCUT2D eigenvalue weighted by molar-refractivity contribution is -0.137. The van der Waals surface area contributed by atoms with Gasteiger partial charge in [-0.3, -0.25) is 0 Å². The van der Waals surface area contributed by atoms with Crippen molar-refractivity contribution >= 4 is 0 Å². The van der Waals surface area contributed by atoms with Gasteiger partial charge in [0.2, 0.25) is 0 Å². The molecule has 2 nitrogen and oxygen atoms in total. The Kier molecular flexibility index (Phi) is 4.47. The Bertz CT molecular complexity index is 396. The van der Waals surface area contributed by atoms with Crippen molar-refractivity contribution in [2.75, 3.05) is 20.1 Å². The molecular weight excluding hydrogens is 253 g/mol. The van der Waals surface area contributed by atoms with Gasteiger partial charge in [0.15, 0.2) is 0 Å². The molecule has 5 heteroatoms. The molecule has 1 aliphatic rings. The van der Waals surface area contributed by atoms with Crippen LogP contribution in [0.25, 0.3) is 0 Å². The lowest BCUT2D eigenvalue weighted by Gasteiger charge is -2.17. The molecule has 0 radical (unpaired) electrons. The van der Waals surface area contributed by atoms with Gasteiger partial charge in [0.1, 0.15) is 0 Å². The van der Waals surface area contributed by atoms with Gasteiger partial charge in [-0.15, -0.1) is 0 Å². The largest absolute Gasteiger partial charge is 0.416 e. The summed E-state index contributed by atoms with van der Waals surface area (Å²) in [5, 5.41) is 3.41. The Labute approximate surface area is 111 Å². The van der Waals surface area contributed by atoms with Crippen LogP contribution in [0.5, 0.6) is 0 Å². The third kappa shape index (κ3) is 4.84. The van der Waals surface area contributed by atoms with Crippen LogP contribution in [0.4, 0.5) is 13.2 Å². The number of hydrogen-bond donors (Lipinski definition) is 1. The van der Waals surface area contributed by atoms with Crippen molar-refractivity contribution in [3.8, 4) is 0 Å². The summed E-state index contributed by atoms with van der Waals surface area (Å²) < 4.78 is 37.2. The van der Waals surface area contributed by atoms with Crippen LogP contribution in [-0.2, 0) is 12.7 Å². The number of nitrogens with one attached hydrogen (secondary N) is 1. The number of likely N-dealkylation sites (N-methyl/N-ethyl adjacent to an activating group) is 1. The highest BCUT2D eigenvalue weighted by Crippen LogP contribution is 2.29. The average Bonchev–Trinajstić information content (AvgIpc) is 3.12. The molecule has 0 spiro atoms. The van der Waals surface area contributed by atoms with Crippen molar-refractivity contribution in [2.45, 2.75) is 31.6 Å². The van der Waals surface area contributed by atoms with Gasteiger partial charge in [-0.25, -0.2) is 0 Å². The first-order valence-electron chi connectivity index (χ1n) is 6.53. The van der Waals surface area contributed by atoms with Crippen LogP contribution in [0.3, 0.4) is 0 Å². The van der Waals surface area contributed by atoms with E-state index in [0.29, 0.717) is 12.6 Å². The van der Waals surface area contributed by atoms with E-state index in [2.05, 4.69) is 10.2 Å². The predicted octanol–water partition coefficient (Wildman–Crippen LogP) is 2.89. The molecule has 0 unspecified atom stereocenters. The molecule has 0 bridgehead atoms. The zero-order valence-corrected chi connectivity index (χ0v) is 11.0. The van der Waals surface area contributed by atoms with Crippen LogP contribution in [0, 0.1) is 0 Å². The zero-order chi connectivity index (χ0) is 13.9. The van der Waals surface area contributed by atoms with Gasteiger partial charge in [-0.2, -0.15) is 13.2 Å². The highest BCUT2D eigenvalue weighted by molar-refractivity contribution is 5.24. The predicted molar refractivity (Wildman–Crippen MR) is 68.8 cm³/mol. The molecule has 0 aromatic heterocycles. The molecule has 2 rings (SSSR count). The summed E-state index contributed by atoms with van der Waals surface area (Å²) in [4.78, 5) is 2.11. The van der Waals surface area contributed by atoms with Crippen LogP contribution in [-0.4, -0.2) is 31.1 Å². The van der Waals surface area contributed by atoms with E-state index < -0.39 is 11.7 Å². The van der Waals surface area contributed by atoms with Crippen molar-refractivity contribution in [3.05, 3.63) is 35.4 Å². The second kappa shape index (κ2) is 5.92. The molecule has 0 amide bonds. The second-order valence-electron chi connectivity index (χ2n) is 5.16. The third-order valence-electron chi connectivity index (χ3n) is 3.24. The van der Waals surface area contributed by atoms with Gasteiger partial charge < -0.3 is 10.2 Å². The Morgan fingerprint density at radius 3 is 2.37 bits per heavy atom. The number of nitrogens with zero attached hydrogens (tertiary/aromatic N) is 1. The van der Waals surface area contributed by atoms with Gasteiger partial charge in [-0.05, 0) is 37.6 Å². The Morgan fingerprint density at radius 1 is 1.21 bits per heavy atom. The number of rotatable bonds is 6. The van der Waals surface area contributed by atoms with Crippen LogP contribution >= 0.6 is 0 Å². The normalized spacial score (nSPS) is 16.1. The molecule has 0 heterocycles. The number of hydrogen-bond acceptors (Lipinski definition) is 2. The third-order valence-corrected chi connectivity index (χ3v) is 3.24. The Hall–Kier alpha value is -1.07. The van der Waals surface area contributed by atoms with E-state index in [1.165, 1.54) is 12.8 Å². The monoisotopic (exact) mass is 272 g/mol. The van der Waals surface area contributed by atoms with Crippen molar-refractivity contribution in [2.24, 2.45) is 0 Å². The van der Waals surface area contributed by atoms with E-state index in [1.807, 2.05) is 7.05 Å². The molecule has 0 atom stereocenters. The van der Waals surface area contributed by atoms with Crippen molar-refractivity contribution in [1.82, 2.24) is 10.2 Å². The van der Waals surface area contributed by atoms with E-state index in [9.17, 15) is 13.2 Å². The maximum atomic E-state index is 12.4. The Balaban J connectivity index is 1.77. The fraction of sp³-hybridized carbons (Fsp3) is 0.571. The zero-order valence-electron chi connectivity index (χ0n) is 11.0. The van der Waals surface area contributed by atoms with Crippen molar-refractivity contribution in [3.63, 3.8) is 0 Å². The van der Waals surface area contributed by atoms with Gasteiger partial charge in [-0.1, -0.05) is 12.1 Å². The lowest BCUT2D eigenvalue weighted by atomic mass is 10.1. The summed E-state index contributed by atoms with van der Waals surface area (Å²) in [5.74, 6) is 0. The van der Waals surface area contributed by atoms with Gasteiger partial charge in [0.05, 0.1) is 5.56 Å². The fourth-order valence-corrected chi connectivity index (χ4v) is 1.94. The van der Waals surface area contributed by atoms with E-state index in [4.69, 9.17) is 0 Å². The highest BCUT2D eigenvalue weighted by Gasteiger charge is 2.29. The summed E-state index contributed by atoms with van der Waals surface area (Å²) in [5.41, 5.74) is 0.316. The molecule has 1 N–H and O–H groups in total. The quantitative estimate of drug-likeness (QED) is 0.856. The first-order valence-corrected chi connectivity index (χ1v) is 6.53. The average molecular weight is 272 g/mol. The molecule has 1 aromatic carbocycles. The fourth-order valence-electron chi connectivity index (χ4n) is 1.94. The molecule has 0 aliphatic heterocycles. The maximum absolute atomic E-state index is 12.4. The molecule has 1 fully saturated rings. The molecular formula is C14H19F3N2.